The number of alkyl halides is 1. The maximum Gasteiger partial charge on any atom is 0.305 e. The summed E-state index contributed by atoms with van der Waals surface area (Å²) in [7, 11) is 1.45. The number of nitrogens with two attached hydrogens (primary N) is 2. The van der Waals surface area contributed by atoms with Crippen molar-refractivity contribution in [1.29, 1.82) is 0 Å². The maximum absolute atomic E-state index is 15.4. The number of amides is 10. The number of fused-ring (bicyclic) bond motifs is 5. The van der Waals surface area contributed by atoms with Crippen LogP contribution < -0.4 is 70.0 Å². The molecule has 7 fully saturated rings. The Balaban J connectivity index is 1.02. The van der Waals surface area contributed by atoms with Crippen molar-refractivity contribution in [3.8, 4) is 0 Å². The molecule has 9 rings (SSSR count). The van der Waals surface area contributed by atoms with Crippen LogP contribution in [0.3, 0.4) is 0 Å². The predicted octanol–water partition coefficient (Wildman–Crippen LogP) is -0.377. The summed E-state index contributed by atoms with van der Waals surface area (Å²) in [6, 6.07) is -2.99. The van der Waals surface area contributed by atoms with E-state index < -0.39 is 139 Å². The van der Waals surface area contributed by atoms with E-state index in [4.69, 9.17) is 11.5 Å². The van der Waals surface area contributed by atoms with Crippen molar-refractivity contribution >= 4 is 88.6 Å². The Labute approximate surface area is 593 Å². The van der Waals surface area contributed by atoms with Crippen molar-refractivity contribution in [2.24, 2.45) is 41.1 Å². The molecule has 31 heteroatoms. The number of hydrogen-bond donors (Lipinski definition) is 15. The largest absolute Gasteiger partial charge is 0.481 e. The summed E-state index contributed by atoms with van der Waals surface area (Å²) in [6.07, 6.45) is 6.39. The molecule has 16 atom stereocenters. The summed E-state index contributed by atoms with van der Waals surface area (Å²) in [4.78, 5) is 161. The number of unbranched alkanes of at least 4 members (excludes halogenated alkanes) is 1. The predicted molar refractivity (Wildman–Crippen MR) is 375 cm³/mol. The fraction of sp³-hybridized carbons (Fsp3) is 0.754. The number of aliphatic hydroxyl groups excluding tert-OH is 1. The van der Waals surface area contributed by atoms with Gasteiger partial charge in [-0.05, 0) is 176 Å². The Morgan fingerprint density at radius 1 is 0.660 bits per heavy atom. The zero-order chi connectivity index (χ0) is 71.4. The summed E-state index contributed by atoms with van der Waals surface area (Å²) < 4.78 is 15.3. The Morgan fingerprint density at radius 2 is 1.33 bits per heavy atom. The minimum absolute atomic E-state index is 0.0752. The van der Waals surface area contributed by atoms with E-state index in [1.807, 2.05) is 24.3 Å². The van der Waals surface area contributed by atoms with Crippen LogP contribution in [0.1, 0.15) is 152 Å². The van der Waals surface area contributed by atoms with E-state index in [2.05, 4.69) is 58.5 Å². The Morgan fingerprint density at radius 3 is 2.04 bits per heavy atom. The third-order valence-electron chi connectivity index (χ3n) is 21.9. The first-order valence-electron chi connectivity index (χ1n) is 36.4. The molecule has 4 saturated heterocycles. The van der Waals surface area contributed by atoms with E-state index in [-0.39, 0.29) is 111 Å². The van der Waals surface area contributed by atoms with Crippen LogP contribution in [0.5, 0.6) is 0 Å². The van der Waals surface area contributed by atoms with Crippen LogP contribution in [0.15, 0.2) is 24.3 Å². The van der Waals surface area contributed by atoms with Gasteiger partial charge in [0.1, 0.15) is 54.5 Å². The minimum atomic E-state index is -1.86. The van der Waals surface area contributed by atoms with Gasteiger partial charge in [-0.15, -0.1) is 0 Å². The van der Waals surface area contributed by atoms with Gasteiger partial charge in [0.05, 0.1) is 19.1 Å². The standard InChI is InChI=1S/C69H108FN15O13S2/c1-84-58(27-43-32-74-49-11-3-2-10-47(43)49)68(97)81-52(26-42-31-75-50-19-16-44(70)28-48(42)50)64(93)80-54(30-61(89)90)66(95)79-53(29-45-33-73-38-77-45)65(94)82-55(25-39-14-17-46(86)18-15-39)69(98)85-22-7-13-57(85)67(96)83-56(62(72)91)37-100-36-41-9-6-8-40(24-41)35-99-23-20-59(87)78-51(12-4-5-21-71)63(92)76-34-60(84)88/h6,8-9,24,39,42-58,73-75,77,86H,2-5,7,10-23,25-38,71H2,1H3,(H2,72,91)(H,76,92)(H,78,87)(H,79,95)(H,80,93)(H,81,97)(H,82,94)(H,83,96)(H,89,90)/t39?,42?,43?,44?,45?,46?,47?,48?,49?,50?,51?,52-,53-,54-,55-,56-,57-,58-/m0/s1. The molecule has 2 bridgehead atoms. The topological polar surface area (TPSA) is 419 Å². The summed E-state index contributed by atoms with van der Waals surface area (Å²) in [5, 5.41) is 54.0. The number of halogens is 1. The van der Waals surface area contributed by atoms with Crippen LogP contribution in [0.4, 0.5) is 4.39 Å². The molecular formula is C69H108FN15O13S2. The van der Waals surface area contributed by atoms with Crippen molar-refractivity contribution in [1.82, 2.24) is 68.3 Å². The lowest BCUT2D eigenvalue weighted by Crippen LogP contribution is -2.61. The van der Waals surface area contributed by atoms with Crippen LogP contribution in [0.25, 0.3) is 0 Å². The van der Waals surface area contributed by atoms with Gasteiger partial charge < -0.3 is 90.0 Å². The highest BCUT2D eigenvalue weighted by molar-refractivity contribution is 7.98. The number of carboxylic acids is 1. The summed E-state index contributed by atoms with van der Waals surface area (Å²) in [6.45, 7) is 1.55. The second kappa shape index (κ2) is 38.3. The Bertz CT molecular complexity index is 3000. The number of thioether (sulfide) groups is 2. The summed E-state index contributed by atoms with van der Waals surface area (Å²) in [5.74, 6) is -7.85. The van der Waals surface area contributed by atoms with Crippen molar-refractivity contribution in [3.63, 3.8) is 0 Å². The quantitative estimate of drug-likeness (QED) is 0.0996. The van der Waals surface area contributed by atoms with Crippen molar-refractivity contribution < 1.29 is 67.3 Å². The maximum atomic E-state index is 15.4. The van der Waals surface area contributed by atoms with Crippen LogP contribution in [-0.4, -0.2) is 228 Å². The molecule has 556 valence electrons. The number of aliphatic carboxylic acids is 1. The monoisotopic (exact) mass is 1440 g/mol. The average molecular weight is 1440 g/mol. The van der Waals surface area contributed by atoms with Gasteiger partial charge >= 0.3 is 5.97 Å². The number of carbonyl (C=O) groups is 11. The molecule has 5 heterocycles. The smallest absolute Gasteiger partial charge is 0.305 e. The lowest BCUT2D eigenvalue weighted by Gasteiger charge is -2.35. The van der Waals surface area contributed by atoms with Crippen molar-refractivity contribution in [2.75, 3.05) is 64.5 Å². The zero-order valence-electron chi connectivity index (χ0n) is 57.7. The van der Waals surface area contributed by atoms with Crippen LogP contribution in [0.2, 0.25) is 0 Å². The fourth-order valence-electron chi connectivity index (χ4n) is 16.2. The van der Waals surface area contributed by atoms with Crippen LogP contribution in [0, 0.1) is 29.6 Å². The molecule has 100 heavy (non-hydrogen) atoms. The molecule has 28 nitrogen and oxygen atoms in total. The van der Waals surface area contributed by atoms with Gasteiger partial charge in [0.15, 0.2) is 0 Å². The molecule has 1 aromatic carbocycles. The van der Waals surface area contributed by atoms with E-state index in [9.17, 15) is 43.8 Å². The van der Waals surface area contributed by atoms with E-state index >= 15 is 23.6 Å². The molecule has 3 saturated carbocycles. The first-order valence-corrected chi connectivity index (χ1v) is 38.7. The van der Waals surface area contributed by atoms with E-state index in [0.29, 0.717) is 108 Å². The van der Waals surface area contributed by atoms with E-state index in [0.717, 1.165) is 36.8 Å². The van der Waals surface area contributed by atoms with Gasteiger partial charge in [-0.2, -0.15) is 23.5 Å². The minimum Gasteiger partial charge on any atom is -0.481 e. The van der Waals surface area contributed by atoms with Crippen molar-refractivity contribution in [2.45, 2.75) is 231 Å². The number of primary amides is 1. The third-order valence-corrected chi connectivity index (χ3v) is 24.0. The molecule has 17 N–H and O–H groups in total. The first kappa shape index (κ1) is 77.9. The summed E-state index contributed by atoms with van der Waals surface area (Å²) in [5.41, 5.74) is 13.6. The molecule has 0 spiro atoms. The van der Waals surface area contributed by atoms with Gasteiger partial charge in [-0.25, -0.2) is 4.39 Å². The molecule has 5 aliphatic heterocycles. The number of benzene rings is 1. The number of nitrogens with zero attached hydrogens (tertiary/aromatic N) is 2. The fourth-order valence-corrected chi connectivity index (χ4v) is 18.2. The van der Waals surface area contributed by atoms with Crippen LogP contribution >= 0.6 is 23.5 Å². The number of rotatable bonds is 15. The number of carbonyl (C=O) groups excluding carboxylic acids is 10. The highest BCUT2D eigenvalue weighted by atomic mass is 32.2. The second-order valence-electron chi connectivity index (χ2n) is 29.0. The average Bonchev–Trinajstić information content (AvgIpc) is 1.62. The SMILES string of the molecule is CN1C(=O)CNC(=O)C(CCCCN)NC(=O)CCSCc2cccc(c2)CSC[C@@H](C(N)=O)NC(=O)[C@@H]2CCCN2C(=O)[C@H](CC2CCC(O)CC2)NC(=O)[C@H](CC2CNCN2)NC(=O)[C@H](CC(=O)O)NC(=O)[C@H](CC2CNC3CCC(F)CC23)NC(=O)[C@@H]1CC1CNC2CCCCC12. The number of nitrogens with one attached hydrogen (secondary N) is 11. The second-order valence-corrected chi connectivity index (χ2v) is 31.1. The number of aliphatic hydroxyl groups is 1. The Hall–Kier alpha value is -6.22. The van der Waals surface area contributed by atoms with Gasteiger partial charge in [0, 0.05) is 74.4 Å². The molecule has 9 unspecified atom stereocenters. The highest BCUT2D eigenvalue weighted by Crippen LogP contribution is 2.40. The molecule has 0 radical (unpaired) electrons. The normalized spacial score (nSPS) is 34.2. The van der Waals surface area contributed by atoms with Crippen LogP contribution in [-0.2, 0) is 64.2 Å². The van der Waals surface area contributed by atoms with Gasteiger partial charge in [0.25, 0.3) is 0 Å². The van der Waals surface area contributed by atoms with E-state index in [1.54, 1.807) is 0 Å². The molecule has 0 aromatic heterocycles. The summed E-state index contributed by atoms with van der Waals surface area (Å²) >= 11 is 2.89. The first-order chi connectivity index (χ1) is 48.1. The highest BCUT2D eigenvalue weighted by Gasteiger charge is 2.47. The van der Waals surface area contributed by atoms with Gasteiger partial charge in [-0.1, -0.05) is 37.1 Å². The van der Waals surface area contributed by atoms with E-state index in [1.165, 1.54) is 40.4 Å². The molecular weight excluding hydrogens is 1330 g/mol. The zero-order valence-corrected chi connectivity index (χ0v) is 59.3. The third kappa shape index (κ3) is 22.4. The van der Waals surface area contributed by atoms with Crippen molar-refractivity contribution in [3.05, 3.63) is 35.4 Å². The molecule has 10 amide bonds. The lowest BCUT2D eigenvalue weighted by atomic mass is 9.76. The Kier molecular flexibility index (Phi) is 29.9. The van der Waals surface area contributed by atoms with Gasteiger partial charge in [0.2, 0.25) is 59.1 Å². The number of hydrogen-bond acceptors (Lipinski definition) is 19. The molecule has 3 aliphatic carbocycles. The lowest BCUT2D eigenvalue weighted by molar-refractivity contribution is -0.143. The number of likely N-dealkylation sites (N-methyl/N-ethyl adjacent to an activating group) is 1. The molecule has 1 aromatic rings. The molecule has 8 aliphatic rings. The van der Waals surface area contributed by atoms with Gasteiger partial charge in [-0.3, -0.25) is 52.7 Å². The number of carboxylic acid groups (broad SMARTS) is 1.